The molecule has 6 nitrogen and oxygen atoms in total. The van der Waals surface area contributed by atoms with Crippen molar-refractivity contribution in [3.05, 3.63) is 40.8 Å². The van der Waals surface area contributed by atoms with Crippen LogP contribution in [0.15, 0.2) is 40.1 Å². The van der Waals surface area contributed by atoms with Crippen LogP contribution < -0.4 is 0 Å². The van der Waals surface area contributed by atoms with Gasteiger partial charge in [-0.2, -0.15) is 0 Å². The lowest BCUT2D eigenvalue weighted by molar-refractivity contribution is 0.540. The summed E-state index contributed by atoms with van der Waals surface area (Å²) in [5, 5.41) is 12.9. The van der Waals surface area contributed by atoms with Gasteiger partial charge in [-0.25, -0.2) is 9.67 Å². The van der Waals surface area contributed by atoms with Gasteiger partial charge in [0.15, 0.2) is 11.0 Å². The minimum Gasteiger partial charge on any atom is -0.322 e. The van der Waals surface area contributed by atoms with Crippen LogP contribution in [0, 0.1) is 0 Å². The number of unbranched alkanes of at least 4 members (excludes halogenated alkanes) is 1. The van der Waals surface area contributed by atoms with Crippen molar-refractivity contribution in [1.82, 2.24) is 29.8 Å². The van der Waals surface area contributed by atoms with E-state index in [1.807, 2.05) is 30.1 Å². The minimum absolute atomic E-state index is 0.710. The average Bonchev–Trinajstić information content (AvgIpc) is 3.18. The van der Waals surface area contributed by atoms with Crippen molar-refractivity contribution in [3.63, 3.8) is 0 Å². The molecule has 0 radical (unpaired) electrons. The van der Waals surface area contributed by atoms with Gasteiger partial charge in [0.1, 0.15) is 0 Å². The largest absolute Gasteiger partial charge is 0.322 e. The molecule has 0 bridgehead atoms. The maximum Gasteiger partial charge on any atom is 0.168 e. The Hall–Kier alpha value is -1.67. The van der Waals surface area contributed by atoms with Crippen LogP contribution in [-0.4, -0.2) is 29.8 Å². The Balaban J connectivity index is 1.71. The lowest BCUT2D eigenvalue weighted by Crippen LogP contribution is -2.05. The predicted molar refractivity (Wildman–Crippen MR) is 98.6 cm³/mol. The van der Waals surface area contributed by atoms with Gasteiger partial charge in [0.25, 0.3) is 0 Å². The SMILES string of the molecule is CCCCn1nnnc1CSc1ncc(-c2ccc(Br)cc2)n1C. The molecular weight excluding hydrogens is 388 g/mol. The molecule has 0 aliphatic rings. The van der Waals surface area contributed by atoms with Crippen molar-refractivity contribution in [2.24, 2.45) is 7.05 Å². The summed E-state index contributed by atoms with van der Waals surface area (Å²) >= 11 is 5.12. The van der Waals surface area contributed by atoms with Crippen molar-refractivity contribution in [1.29, 1.82) is 0 Å². The van der Waals surface area contributed by atoms with Gasteiger partial charge < -0.3 is 4.57 Å². The van der Waals surface area contributed by atoms with Crippen LogP contribution >= 0.6 is 27.7 Å². The summed E-state index contributed by atoms with van der Waals surface area (Å²) in [7, 11) is 2.03. The van der Waals surface area contributed by atoms with E-state index in [0.29, 0.717) is 5.75 Å². The quantitative estimate of drug-likeness (QED) is 0.556. The number of tetrazole rings is 1. The third-order valence-electron chi connectivity index (χ3n) is 3.75. The molecule has 0 spiro atoms. The lowest BCUT2D eigenvalue weighted by atomic mass is 10.2. The summed E-state index contributed by atoms with van der Waals surface area (Å²) in [6, 6.07) is 8.25. The van der Waals surface area contributed by atoms with Crippen LogP contribution in [-0.2, 0) is 19.3 Å². The first-order valence-electron chi connectivity index (χ1n) is 7.84. The van der Waals surface area contributed by atoms with Crippen LogP contribution in [0.1, 0.15) is 25.6 Å². The van der Waals surface area contributed by atoms with Crippen LogP contribution in [0.3, 0.4) is 0 Å². The maximum absolute atomic E-state index is 4.54. The van der Waals surface area contributed by atoms with Gasteiger partial charge in [0.05, 0.1) is 17.6 Å². The summed E-state index contributed by atoms with van der Waals surface area (Å²) in [5.74, 6) is 1.60. The van der Waals surface area contributed by atoms with E-state index in [2.05, 4.69) is 60.1 Å². The van der Waals surface area contributed by atoms with Gasteiger partial charge in [-0.3, -0.25) is 0 Å². The van der Waals surface area contributed by atoms with Gasteiger partial charge in [-0.05, 0) is 34.5 Å². The second-order valence-electron chi connectivity index (χ2n) is 5.45. The predicted octanol–water partition coefficient (Wildman–Crippen LogP) is 3.93. The highest BCUT2D eigenvalue weighted by Gasteiger charge is 2.12. The van der Waals surface area contributed by atoms with Gasteiger partial charge in [0.2, 0.25) is 0 Å². The first-order valence-corrected chi connectivity index (χ1v) is 9.62. The average molecular weight is 407 g/mol. The van der Waals surface area contributed by atoms with E-state index in [4.69, 9.17) is 0 Å². The molecule has 2 heterocycles. The van der Waals surface area contributed by atoms with Crippen LogP contribution in [0.4, 0.5) is 0 Å². The molecule has 1 aromatic carbocycles. The molecule has 0 atom stereocenters. The Morgan fingerprint density at radius 1 is 1.21 bits per heavy atom. The summed E-state index contributed by atoms with van der Waals surface area (Å²) in [6.45, 7) is 3.03. The lowest BCUT2D eigenvalue weighted by Gasteiger charge is -2.06. The Morgan fingerprint density at radius 2 is 2.00 bits per heavy atom. The Kier molecular flexibility index (Phi) is 5.68. The Bertz CT molecular complexity index is 795. The van der Waals surface area contributed by atoms with Crippen molar-refractivity contribution in [2.75, 3.05) is 0 Å². The highest BCUT2D eigenvalue weighted by Crippen LogP contribution is 2.27. The van der Waals surface area contributed by atoms with E-state index < -0.39 is 0 Å². The monoisotopic (exact) mass is 406 g/mol. The fourth-order valence-electron chi connectivity index (χ4n) is 2.35. The molecule has 3 aromatic rings. The molecule has 0 N–H and O–H groups in total. The zero-order chi connectivity index (χ0) is 16.9. The smallest absolute Gasteiger partial charge is 0.168 e. The van der Waals surface area contributed by atoms with Crippen LogP contribution in [0.25, 0.3) is 11.3 Å². The number of aromatic nitrogens is 6. The van der Waals surface area contributed by atoms with E-state index in [1.165, 1.54) is 0 Å². The number of hydrogen-bond donors (Lipinski definition) is 0. The Morgan fingerprint density at radius 3 is 2.75 bits per heavy atom. The molecule has 0 unspecified atom stereocenters. The van der Waals surface area contributed by atoms with Crippen molar-refractivity contribution >= 4 is 27.7 Å². The molecule has 0 aliphatic carbocycles. The zero-order valence-corrected chi connectivity index (χ0v) is 16.1. The molecular formula is C16H19BrN6S. The molecule has 2 aromatic heterocycles. The van der Waals surface area contributed by atoms with Gasteiger partial charge in [0, 0.05) is 18.1 Å². The molecule has 0 saturated heterocycles. The van der Waals surface area contributed by atoms with Crippen molar-refractivity contribution < 1.29 is 0 Å². The normalized spacial score (nSPS) is 11.1. The van der Waals surface area contributed by atoms with E-state index in [-0.39, 0.29) is 0 Å². The van der Waals surface area contributed by atoms with Crippen LogP contribution in [0.2, 0.25) is 0 Å². The third kappa shape index (κ3) is 3.87. The number of nitrogens with zero attached hydrogens (tertiary/aromatic N) is 6. The summed E-state index contributed by atoms with van der Waals surface area (Å²) in [4.78, 5) is 4.54. The number of imidazole rings is 1. The standard InChI is InChI=1S/C16H19BrN6S/c1-3-4-9-23-15(19-20-21-23)11-24-16-18-10-14(22(16)2)12-5-7-13(17)8-6-12/h5-8,10H,3-4,9,11H2,1-2H3. The summed E-state index contributed by atoms with van der Waals surface area (Å²) in [6.07, 6.45) is 4.12. The van der Waals surface area contributed by atoms with E-state index in [9.17, 15) is 0 Å². The fourth-order valence-corrected chi connectivity index (χ4v) is 3.50. The van der Waals surface area contributed by atoms with Crippen LogP contribution in [0.5, 0.6) is 0 Å². The van der Waals surface area contributed by atoms with Crippen molar-refractivity contribution in [2.45, 2.75) is 37.2 Å². The number of thioether (sulfide) groups is 1. The first-order chi connectivity index (χ1) is 11.7. The number of aryl methyl sites for hydroxylation is 1. The minimum atomic E-state index is 0.710. The summed E-state index contributed by atoms with van der Waals surface area (Å²) in [5.41, 5.74) is 2.24. The molecule has 0 saturated carbocycles. The molecule has 126 valence electrons. The second kappa shape index (κ2) is 7.94. The van der Waals surface area contributed by atoms with E-state index >= 15 is 0 Å². The number of rotatable bonds is 7. The topological polar surface area (TPSA) is 61.4 Å². The third-order valence-corrected chi connectivity index (χ3v) is 5.31. The van der Waals surface area contributed by atoms with E-state index in [0.717, 1.165) is 46.1 Å². The summed E-state index contributed by atoms with van der Waals surface area (Å²) < 4.78 is 5.06. The number of benzene rings is 1. The molecule has 0 aliphatic heterocycles. The Labute approximate surface area is 153 Å². The molecule has 24 heavy (non-hydrogen) atoms. The van der Waals surface area contributed by atoms with Crippen molar-refractivity contribution in [3.8, 4) is 11.3 Å². The highest BCUT2D eigenvalue weighted by molar-refractivity contribution is 9.10. The molecule has 0 fully saturated rings. The molecule has 3 rings (SSSR count). The number of hydrogen-bond acceptors (Lipinski definition) is 5. The highest BCUT2D eigenvalue weighted by atomic mass is 79.9. The number of halogens is 1. The van der Waals surface area contributed by atoms with Gasteiger partial charge >= 0.3 is 0 Å². The maximum atomic E-state index is 4.54. The first kappa shape index (κ1) is 17.2. The second-order valence-corrected chi connectivity index (χ2v) is 7.31. The fraction of sp³-hybridized carbons (Fsp3) is 0.375. The molecule has 0 amide bonds. The van der Waals surface area contributed by atoms with E-state index in [1.54, 1.807) is 11.8 Å². The molecule has 8 heteroatoms. The zero-order valence-electron chi connectivity index (χ0n) is 13.7. The van der Waals surface area contributed by atoms with Gasteiger partial charge in [-0.1, -0.05) is 53.2 Å². The van der Waals surface area contributed by atoms with Gasteiger partial charge in [-0.15, -0.1) is 5.10 Å².